The van der Waals surface area contributed by atoms with Gasteiger partial charge in [-0.15, -0.1) is 0 Å². The van der Waals surface area contributed by atoms with Gasteiger partial charge in [0.05, 0.1) is 11.9 Å². The maximum atomic E-state index is 11.3. The highest BCUT2D eigenvalue weighted by Gasteiger charge is 2.07. The molecule has 0 aliphatic heterocycles. The van der Waals surface area contributed by atoms with E-state index in [9.17, 15) is 8.42 Å². The largest absolute Gasteiger partial charge is 0.383 e. The van der Waals surface area contributed by atoms with Crippen LogP contribution < -0.4 is 10.0 Å². The van der Waals surface area contributed by atoms with Crippen LogP contribution in [0.4, 0.5) is 11.4 Å². The Balaban J connectivity index is 2.55. The van der Waals surface area contributed by atoms with Gasteiger partial charge >= 0.3 is 0 Å². The third-order valence-corrected chi connectivity index (χ3v) is 4.02. The Hall–Kier alpha value is -1.23. The van der Waals surface area contributed by atoms with Gasteiger partial charge in [0.1, 0.15) is 0 Å². The normalized spacial score (nSPS) is 13.0. The molecule has 0 saturated carbocycles. The quantitative estimate of drug-likeness (QED) is 0.674. The highest BCUT2D eigenvalue weighted by molar-refractivity contribution is 7.92. The minimum Gasteiger partial charge on any atom is -0.383 e. The van der Waals surface area contributed by atoms with Crippen molar-refractivity contribution in [2.75, 3.05) is 16.3 Å². The van der Waals surface area contributed by atoms with Crippen molar-refractivity contribution in [2.24, 2.45) is 0 Å². The molecule has 1 aromatic carbocycles. The number of nitrogens with one attached hydrogen (secondary N) is 2. The van der Waals surface area contributed by atoms with Crippen molar-refractivity contribution < 1.29 is 8.42 Å². The zero-order chi connectivity index (χ0) is 15.9. The van der Waals surface area contributed by atoms with E-state index in [0.717, 1.165) is 23.9 Å². The van der Waals surface area contributed by atoms with Crippen LogP contribution in [0.2, 0.25) is 0 Å². The molecule has 21 heavy (non-hydrogen) atoms. The van der Waals surface area contributed by atoms with Gasteiger partial charge in [0.15, 0.2) is 0 Å². The third-order valence-electron chi connectivity index (χ3n) is 3.43. The van der Waals surface area contributed by atoms with Crippen molar-refractivity contribution in [3.63, 3.8) is 0 Å². The molecule has 1 rings (SSSR count). The van der Waals surface area contributed by atoms with E-state index in [1.54, 1.807) is 0 Å². The fraction of sp³-hybridized carbons (Fsp3) is 0.625. The Morgan fingerprint density at radius 2 is 1.90 bits per heavy atom. The lowest BCUT2D eigenvalue weighted by Gasteiger charge is -2.17. The van der Waals surface area contributed by atoms with E-state index in [0.29, 0.717) is 11.7 Å². The van der Waals surface area contributed by atoms with E-state index in [2.05, 4.69) is 23.9 Å². The number of rotatable bonds is 9. The Kier molecular flexibility index (Phi) is 7.02. The molecule has 0 bridgehead atoms. The number of unbranched alkanes of at least 4 members (excludes halogenated alkanes) is 3. The molecule has 0 spiro atoms. The van der Waals surface area contributed by atoms with Crippen molar-refractivity contribution in [1.82, 2.24) is 0 Å². The van der Waals surface area contributed by atoms with Gasteiger partial charge in [-0.25, -0.2) is 8.42 Å². The van der Waals surface area contributed by atoms with Crippen molar-refractivity contribution in [3.05, 3.63) is 23.8 Å². The van der Waals surface area contributed by atoms with Crippen LogP contribution in [0.1, 0.15) is 51.5 Å². The van der Waals surface area contributed by atoms with E-state index in [1.807, 2.05) is 25.1 Å². The number of hydrogen-bond acceptors (Lipinski definition) is 3. The zero-order valence-corrected chi connectivity index (χ0v) is 14.4. The predicted molar refractivity (Wildman–Crippen MR) is 91.5 cm³/mol. The molecule has 0 saturated heterocycles. The van der Waals surface area contributed by atoms with Crippen molar-refractivity contribution in [2.45, 2.75) is 58.9 Å². The summed E-state index contributed by atoms with van der Waals surface area (Å²) >= 11 is 0. The molecule has 5 heteroatoms. The second-order valence-corrected chi connectivity index (χ2v) is 7.55. The molecule has 1 unspecified atom stereocenters. The van der Waals surface area contributed by atoms with Gasteiger partial charge in [0.2, 0.25) is 10.0 Å². The first kappa shape index (κ1) is 17.8. The van der Waals surface area contributed by atoms with E-state index in [-0.39, 0.29) is 0 Å². The topological polar surface area (TPSA) is 58.2 Å². The van der Waals surface area contributed by atoms with Gasteiger partial charge < -0.3 is 5.32 Å². The summed E-state index contributed by atoms with van der Waals surface area (Å²) in [6.45, 7) is 6.31. The second kappa shape index (κ2) is 8.27. The minimum atomic E-state index is -3.22. The fourth-order valence-corrected chi connectivity index (χ4v) is 2.93. The summed E-state index contributed by atoms with van der Waals surface area (Å²) in [5.74, 6) is 0. The lowest BCUT2D eigenvalue weighted by molar-refractivity contribution is 0.594. The van der Waals surface area contributed by atoms with Crippen LogP contribution in [0.15, 0.2) is 18.2 Å². The van der Waals surface area contributed by atoms with Gasteiger partial charge in [0, 0.05) is 11.7 Å². The van der Waals surface area contributed by atoms with E-state index >= 15 is 0 Å². The smallest absolute Gasteiger partial charge is 0.229 e. The molecule has 0 aliphatic carbocycles. The van der Waals surface area contributed by atoms with Crippen LogP contribution in [0, 0.1) is 6.92 Å². The van der Waals surface area contributed by atoms with Gasteiger partial charge in [-0.3, -0.25) is 4.72 Å². The molecule has 0 amide bonds. The summed E-state index contributed by atoms with van der Waals surface area (Å²) in [6, 6.07) is 6.14. The summed E-state index contributed by atoms with van der Waals surface area (Å²) in [5, 5.41) is 3.47. The predicted octanol–water partition coefficient (Wildman–Crippen LogP) is 4.14. The molecular formula is C16H28N2O2S. The molecule has 2 N–H and O–H groups in total. The number of benzene rings is 1. The average molecular weight is 312 g/mol. The Morgan fingerprint density at radius 1 is 1.19 bits per heavy atom. The molecule has 0 heterocycles. The van der Waals surface area contributed by atoms with E-state index in [1.165, 1.54) is 25.7 Å². The molecular weight excluding hydrogens is 284 g/mol. The SMILES string of the molecule is CCCCCCC(C)Nc1ccc(NS(C)(=O)=O)c(C)c1. The van der Waals surface area contributed by atoms with Crippen LogP contribution in [-0.2, 0) is 10.0 Å². The minimum absolute atomic E-state index is 0.426. The third kappa shape index (κ3) is 7.37. The van der Waals surface area contributed by atoms with Crippen LogP contribution in [0.25, 0.3) is 0 Å². The first-order chi connectivity index (χ1) is 9.81. The fourth-order valence-electron chi connectivity index (χ4n) is 2.30. The number of anilines is 2. The highest BCUT2D eigenvalue weighted by atomic mass is 32.2. The summed E-state index contributed by atoms with van der Waals surface area (Å²) in [6.07, 6.45) is 7.42. The standard InChI is InChI=1S/C16H28N2O2S/c1-5-6-7-8-9-14(3)17-15-10-11-16(13(2)12-15)18-21(4,19)20/h10-12,14,17-18H,5-9H2,1-4H3. The summed E-state index contributed by atoms with van der Waals surface area (Å²) in [4.78, 5) is 0. The van der Waals surface area contributed by atoms with Gasteiger partial charge in [-0.2, -0.15) is 0 Å². The first-order valence-electron chi connectivity index (χ1n) is 7.67. The van der Waals surface area contributed by atoms with Crippen LogP contribution in [0.3, 0.4) is 0 Å². The van der Waals surface area contributed by atoms with Crippen LogP contribution in [-0.4, -0.2) is 20.7 Å². The summed E-state index contributed by atoms with van der Waals surface area (Å²) in [5.41, 5.74) is 2.59. The maximum Gasteiger partial charge on any atom is 0.229 e. The van der Waals surface area contributed by atoms with Crippen molar-refractivity contribution in [3.8, 4) is 0 Å². The molecule has 0 radical (unpaired) electrons. The first-order valence-corrected chi connectivity index (χ1v) is 9.56. The second-order valence-electron chi connectivity index (χ2n) is 5.80. The highest BCUT2D eigenvalue weighted by Crippen LogP contribution is 2.21. The Morgan fingerprint density at radius 3 is 2.48 bits per heavy atom. The van der Waals surface area contributed by atoms with Gasteiger partial charge in [-0.1, -0.05) is 32.6 Å². The average Bonchev–Trinajstić information content (AvgIpc) is 2.37. The van der Waals surface area contributed by atoms with Gasteiger partial charge in [-0.05, 0) is 44.0 Å². The molecule has 0 aliphatic rings. The molecule has 1 atom stereocenters. The zero-order valence-electron chi connectivity index (χ0n) is 13.6. The molecule has 0 fully saturated rings. The van der Waals surface area contributed by atoms with Crippen molar-refractivity contribution >= 4 is 21.4 Å². The lowest BCUT2D eigenvalue weighted by atomic mass is 10.1. The monoisotopic (exact) mass is 312 g/mol. The van der Waals surface area contributed by atoms with Crippen molar-refractivity contribution in [1.29, 1.82) is 0 Å². The summed E-state index contributed by atoms with van der Waals surface area (Å²) in [7, 11) is -3.22. The molecule has 120 valence electrons. The summed E-state index contributed by atoms with van der Waals surface area (Å²) < 4.78 is 25.0. The number of sulfonamides is 1. The van der Waals surface area contributed by atoms with E-state index < -0.39 is 10.0 Å². The van der Waals surface area contributed by atoms with Gasteiger partial charge in [0.25, 0.3) is 0 Å². The Labute approximate surface area is 129 Å². The lowest BCUT2D eigenvalue weighted by Crippen LogP contribution is -2.15. The molecule has 0 aromatic heterocycles. The number of hydrogen-bond donors (Lipinski definition) is 2. The number of aryl methyl sites for hydroxylation is 1. The van der Waals surface area contributed by atoms with E-state index in [4.69, 9.17) is 0 Å². The maximum absolute atomic E-state index is 11.3. The van der Waals surface area contributed by atoms with Crippen LogP contribution >= 0.6 is 0 Å². The van der Waals surface area contributed by atoms with Crippen LogP contribution in [0.5, 0.6) is 0 Å². The Bertz CT molecular complexity index is 541. The molecule has 4 nitrogen and oxygen atoms in total. The molecule has 1 aromatic rings.